The fraction of sp³-hybridized carbons (Fsp3) is 0.400. The Bertz CT molecular complexity index is 732. The van der Waals surface area contributed by atoms with Gasteiger partial charge in [0, 0.05) is 18.9 Å². The van der Waals surface area contributed by atoms with Gasteiger partial charge in [-0.25, -0.2) is 4.98 Å². The highest BCUT2D eigenvalue weighted by Gasteiger charge is 2.29. The van der Waals surface area contributed by atoms with Crippen molar-refractivity contribution in [2.45, 2.75) is 38.4 Å². The van der Waals surface area contributed by atoms with Gasteiger partial charge < -0.3 is 9.88 Å². The first-order valence-electron chi connectivity index (χ1n) is 8.77. The second-order valence-electron chi connectivity index (χ2n) is 6.32. The van der Waals surface area contributed by atoms with Crippen LogP contribution in [0.4, 0.5) is 0 Å². The van der Waals surface area contributed by atoms with Gasteiger partial charge in [-0.15, -0.1) is 6.42 Å². The van der Waals surface area contributed by atoms with Gasteiger partial charge in [0.05, 0.1) is 19.1 Å². The van der Waals surface area contributed by atoms with E-state index in [1.807, 2.05) is 24.4 Å². The third kappa shape index (κ3) is 4.49. The first-order valence-corrected chi connectivity index (χ1v) is 8.77. The summed E-state index contributed by atoms with van der Waals surface area (Å²) in [7, 11) is 0. The number of hydrogen-bond acceptors (Lipinski definition) is 3. The molecule has 0 spiro atoms. The van der Waals surface area contributed by atoms with Crippen molar-refractivity contribution in [3.8, 4) is 12.3 Å². The molecular weight excluding hydrogens is 312 g/mol. The maximum Gasteiger partial charge on any atom is 0.237 e. The fourth-order valence-electron chi connectivity index (χ4n) is 3.32. The van der Waals surface area contributed by atoms with Crippen molar-refractivity contribution < 1.29 is 4.79 Å². The lowest BCUT2D eigenvalue weighted by molar-refractivity contribution is -0.125. The average Bonchev–Trinajstić information content (AvgIpc) is 3.28. The number of likely N-dealkylation sites (tertiary alicyclic amines) is 1. The number of benzene rings is 1. The number of amides is 1. The second-order valence-corrected chi connectivity index (χ2v) is 6.32. The van der Waals surface area contributed by atoms with Crippen LogP contribution in [0.15, 0.2) is 42.7 Å². The fourth-order valence-corrected chi connectivity index (χ4v) is 3.32. The minimum atomic E-state index is -0.108. The zero-order valence-corrected chi connectivity index (χ0v) is 14.4. The smallest absolute Gasteiger partial charge is 0.237 e. The number of rotatable bonds is 7. The molecule has 5 heteroatoms. The first-order chi connectivity index (χ1) is 12.3. The average molecular weight is 336 g/mol. The Balaban J connectivity index is 1.53. The minimum absolute atomic E-state index is 0.0466. The van der Waals surface area contributed by atoms with Crippen LogP contribution in [0.25, 0.3) is 0 Å². The Labute approximate surface area is 149 Å². The number of carbonyl (C=O) groups excluding carboxylic acids is 1. The van der Waals surface area contributed by atoms with Crippen LogP contribution in [0, 0.1) is 12.3 Å². The number of carbonyl (C=O) groups is 1. The van der Waals surface area contributed by atoms with Crippen LogP contribution in [0.1, 0.15) is 24.2 Å². The zero-order chi connectivity index (χ0) is 17.5. The van der Waals surface area contributed by atoms with Crippen LogP contribution < -0.4 is 5.32 Å². The summed E-state index contributed by atoms with van der Waals surface area (Å²) in [4.78, 5) is 18.9. The minimum Gasteiger partial charge on any atom is -0.348 e. The van der Waals surface area contributed by atoms with E-state index in [-0.39, 0.29) is 11.9 Å². The number of aromatic nitrogens is 2. The molecular formula is C20H24N4O. The lowest BCUT2D eigenvalue weighted by Crippen LogP contribution is -2.43. The number of nitrogens with one attached hydrogen (secondary N) is 1. The van der Waals surface area contributed by atoms with Crippen LogP contribution in [0.5, 0.6) is 0 Å². The molecule has 1 atom stereocenters. The van der Waals surface area contributed by atoms with Gasteiger partial charge >= 0.3 is 0 Å². The third-order valence-electron chi connectivity index (χ3n) is 4.67. The molecule has 1 aliphatic heterocycles. The molecule has 1 saturated heterocycles. The topological polar surface area (TPSA) is 50.2 Å². The Hall–Kier alpha value is -2.58. The highest BCUT2D eigenvalue weighted by Crippen LogP contribution is 2.16. The summed E-state index contributed by atoms with van der Waals surface area (Å²) < 4.78 is 2.10. The Morgan fingerprint density at radius 1 is 1.36 bits per heavy atom. The van der Waals surface area contributed by atoms with Crippen molar-refractivity contribution in [2.24, 2.45) is 0 Å². The number of nitrogens with zero attached hydrogens (tertiary/aromatic N) is 3. The number of imidazole rings is 1. The van der Waals surface area contributed by atoms with Crippen molar-refractivity contribution in [2.75, 3.05) is 13.1 Å². The van der Waals surface area contributed by atoms with Crippen molar-refractivity contribution >= 4 is 5.91 Å². The molecule has 0 bridgehead atoms. The van der Waals surface area contributed by atoms with Gasteiger partial charge in [0.2, 0.25) is 5.91 Å². The van der Waals surface area contributed by atoms with E-state index < -0.39 is 0 Å². The summed E-state index contributed by atoms with van der Waals surface area (Å²) in [5, 5.41) is 3.02. The van der Waals surface area contributed by atoms with E-state index in [0.29, 0.717) is 13.1 Å². The Morgan fingerprint density at radius 3 is 3.00 bits per heavy atom. The van der Waals surface area contributed by atoms with Gasteiger partial charge in [-0.3, -0.25) is 9.69 Å². The second kappa shape index (κ2) is 8.50. The number of hydrogen-bond donors (Lipinski definition) is 1. The molecule has 1 aromatic carbocycles. The van der Waals surface area contributed by atoms with Crippen molar-refractivity contribution in [3.63, 3.8) is 0 Å². The molecule has 0 saturated carbocycles. The summed E-state index contributed by atoms with van der Waals surface area (Å²) >= 11 is 0. The summed E-state index contributed by atoms with van der Waals surface area (Å²) in [5.41, 5.74) is 1.29. The SMILES string of the molecule is C#CCN1CCC[C@H]1C(=O)NCc1nccn1CCc1ccccc1. The molecule has 2 heterocycles. The molecule has 0 radical (unpaired) electrons. The molecule has 1 N–H and O–H groups in total. The van der Waals surface area contributed by atoms with Crippen LogP contribution in [-0.4, -0.2) is 39.5 Å². The largest absolute Gasteiger partial charge is 0.348 e. The maximum absolute atomic E-state index is 12.5. The predicted molar refractivity (Wildman–Crippen MR) is 97.6 cm³/mol. The van der Waals surface area contributed by atoms with E-state index in [2.05, 4.69) is 37.8 Å². The Kier molecular flexibility index (Phi) is 5.86. The van der Waals surface area contributed by atoms with E-state index in [9.17, 15) is 4.79 Å². The van der Waals surface area contributed by atoms with Crippen LogP contribution >= 0.6 is 0 Å². The molecule has 130 valence electrons. The molecule has 1 amide bonds. The highest BCUT2D eigenvalue weighted by molar-refractivity contribution is 5.82. The number of aryl methyl sites for hydroxylation is 2. The lowest BCUT2D eigenvalue weighted by Gasteiger charge is -2.21. The van der Waals surface area contributed by atoms with Gasteiger partial charge in [-0.2, -0.15) is 0 Å². The molecule has 25 heavy (non-hydrogen) atoms. The van der Waals surface area contributed by atoms with Crippen LogP contribution in [-0.2, 0) is 24.3 Å². The Morgan fingerprint density at radius 2 is 2.20 bits per heavy atom. The van der Waals surface area contributed by atoms with E-state index in [1.165, 1.54) is 5.56 Å². The summed E-state index contributed by atoms with van der Waals surface area (Å²) in [5.74, 6) is 3.56. The number of terminal acetylenes is 1. The molecule has 0 unspecified atom stereocenters. The van der Waals surface area contributed by atoms with E-state index in [4.69, 9.17) is 6.42 Å². The maximum atomic E-state index is 12.5. The van der Waals surface area contributed by atoms with Gasteiger partial charge in [-0.05, 0) is 31.4 Å². The predicted octanol–water partition coefficient (Wildman–Crippen LogP) is 1.84. The quantitative estimate of drug-likeness (QED) is 0.785. The summed E-state index contributed by atoms with van der Waals surface area (Å²) in [6.45, 7) is 2.72. The van der Waals surface area contributed by atoms with Gasteiger partial charge in [0.25, 0.3) is 0 Å². The molecule has 3 rings (SSSR count). The standard InChI is InChI=1S/C20H24N4O/c1-2-12-23-13-6-9-18(23)20(25)22-16-19-21-11-15-24(19)14-10-17-7-4-3-5-8-17/h1,3-5,7-8,11,15,18H,6,9-10,12-14,16H2,(H,22,25)/t18-/m0/s1. The highest BCUT2D eigenvalue weighted by atomic mass is 16.2. The van der Waals surface area contributed by atoms with Crippen LogP contribution in [0.3, 0.4) is 0 Å². The third-order valence-corrected chi connectivity index (χ3v) is 4.67. The van der Waals surface area contributed by atoms with Gasteiger partial charge in [-0.1, -0.05) is 36.3 Å². The molecule has 1 aromatic heterocycles. The van der Waals surface area contributed by atoms with Crippen molar-refractivity contribution in [1.82, 2.24) is 19.8 Å². The molecule has 1 fully saturated rings. The summed E-state index contributed by atoms with van der Waals surface area (Å²) in [6.07, 6.45) is 12.0. The monoisotopic (exact) mass is 336 g/mol. The first kappa shape index (κ1) is 17.2. The van der Waals surface area contributed by atoms with Gasteiger partial charge in [0.15, 0.2) is 0 Å². The molecule has 0 aliphatic carbocycles. The van der Waals surface area contributed by atoms with E-state index >= 15 is 0 Å². The van der Waals surface area contributed by atoms with Crippen LogP contribution in [0.2, 0.25) is 0 Å². The van der Waals surface area contributed by atoms with E-state index in [0.717, 1.165) is 38.2 Å². The van der Waals surface area contributed by atoms with E-state index in [1.54, 1.807) is 6.20 Å². The van der Waals surface area contributed by atoms with Gasteiger partial charge in [0.1, 0.15) is 5.82 Å². The molecule has 2 aromatic rings. The lowest BCUT2D eigenvalue weighted by atomic mass is 10.1. The molecule has 5 nitrogen and oxygen atoms in total. The van der Waals surface area contributed by atoms with Crippen molar-refractivity contribution in [1.29, 1.82) is 0 Å². The zero-order valence-electron chi connectivity index (χ0n) is 14.4. The normalized spacial score (nSPS) is 17.3. The summed E-state index contributed by atoms with van der Waals surface area (Å²) in [6, 6.07) is 10.3. The molecule has 1 aliphatic rings. The van der Waals surface area contributed by atoms with Crippen molar-refractivity contribution in [3.05, 3.63) is 54.1 Å².